The summed E-state index contributed by atoms with van der Waals surface area (Å²) in [6, 6.07) is 6.62. The first-order chi connectivity index (χ1) is 16.5. The Kier molecular flexibility index (Phi) is 10.2. The van der Waals surface area contributed by atoms with Gasteiger partial charge < -0.3 is 25.2 Å². The molecule has 3 rings (SSSR count). The van der Waals surface area contributed by atoms with Gasteiger partial charge in [-0.3, -0.25) is 4.79 Å². The molecule has 0 radical (unpaired) electrons. The second-order valence-corrected chi connectivity index (χ2v) is 9.35. The summed E-state index contributed by atoms with van der Waals surface area (Å²) in [4.78, 5) is 41.6. The molecule has 2 heterocycles. The van der Waals surface area contributed by atoms with E-state index in [1.54, 1.807) is 31.2 Å². The number of esters is 1. The van der Waals surface area contributed by atoms with E-state index in [2.05, 4.69) is 22.5 Å². The Bertz CT molecular complexity index is 825. The highest BCUT2D eigenvalue weighted by Crippen LogP contribution is 2.29. The van der Waals surface area contributed by atoms with Gasteiger partial charge in [0.15, 0.2) is 0 Å². The fourth-order valence-corrected chi connectivity index (χ4v) is 4.98. The molecule has 2 aliphatic rings. The minimum atomic E-state index is -0.403. The van der Waals surface area contributed by atoms with Gasteiger partial charge in [0, 0.05) is 38.3 Å². The standard InChI is InChI=1S/C26H40N4O4/c1-3-20-19-30(26(33)28-23-10-8-9-22(17-23)25(32)34-4-2)15-11-21(20)18-24(31)27-12-16-29-13-6-5-7-14-29/h8-10,17,20-21H,3-7,11-16,18-19H2,1-2H3,(H,27,31)(H,28,33)/t20-,21-/m0/s1. The van der Waals surface area contributed by atoms with Gasteiger partial charge in [-0.05, 0) is 69.3 Å². The van der Waals surface area contributed by atoms with Crippen molar-refractivity contribution >= 4 is 23.6 Å². The summed E-state index contributed by atoms with van der Waals surface area (Å²) in [7, 11) is 0. The summed E-state index contributed by atoms with van der Waals surface area (Å²) in [6.07, 6.45) is 6.10. The number of rotatable bonds is 9. The number of piperidine rings is 2. The molecule has 34 heavy (non-hydrogen) atoms. The summed E-state index contributed by atoms with van der Waals surface area (Å²) in [6.45, 7) is 9.35. The molecular weight excluding hydrogens is 432 g/mol. The average Bonchev–Trinajstić information content (AvgIpc) is 2.85. The quantitative estimate of drug-likeness (QED) is 0.535. The van der Waals surface area contributed by atoms with Crippen LogP contribution in [0.5, 0.6) is 0 Å². The Morgan fingerprint density at radius 1 is 1.06 bits per heavy atom. The van der Waals surface area contributed by atoms with Gasteiger partial charge in [-0.15, -0.1) is 0 Å². The molecular formula is C26H40N4O4. The van der Waals surface area contributed by atoms with E-state index in [1.165, 1.54) is 19.3 Å². The number of likely N-dealkylation sites (tertiary alicyclic amines) is 2. The zero-order valence-corrected chi connectivity index (χ0v) is 20.7. The van der Waals surface area contributed by atoms with Crippen LogP contribution >= 0.6 is 0 Å². The summed E-state index contributed by atoms with van der Waals surface area (Å²) >= 11 is 0. The van der Waals surface area contributed by atoms with Gasteiger partial charge >= 0.3 is 12.0 Å². The van der Waals surface area contributed by atoms with Gasteiger partial charge in [0.05, 0.1) is 12.2 Å². The first-order valence-corrected chi connectivity index (χ1v) is 12.8. The van der Waals surface area contributed by atoms with Crippen LogP contribution in [0, 0.1) is 11.8 Å². The number of urea groups is 1. The lowest BCUT2D eigenvalue weighted by Gasteiger charge is -2.38. The van der Waals surface area contributed by atoms with E-state index < -0.39 is 5.97 Å². The van der Waals surface area contributed by atoms with E-state index in [-0.39, 0.29) is 17.9 Å². The largest absolute Gasteiger partial charge is 0.462 e. The van der Waals surface area contributed by atoms with Crippen LogP contribution in [-0.4, -0.2) is 73.6 Å². The van der Waals surface area contributed by atoms with Crippen LogP contribution in [0.15, 0.2) is 24.3 Å². The molecule has 2 fully saturated rings. The minimum absolute atomic E-state index is 0.120. The highest BCUT2D eigenvalue weighted by Gasteiger charge is 2.31. The van der Waals surface area contributed by atoms with E-state index in [0.29, 0.717) is 49.8 Å². The number of hydrogen-bond acceptors (Lipinski definition) is 5. The van der Waals surface area contributed by atoms with Crippen LogP contribution < -0.4 is 10.6 Å². The molecule has 0 spiro atoms. The second-order valence-electron chi connectivity index (χ2n) is 9.35. The Labute approximate surface area is 203 Å². The third-order valence-electron chi connectivity index (χ3n) is 6.97. The number of anilines is 1. The lowest BCUT2D eigenvalue weighted by Crippen LogP contribution is -2.46. The van der Waals surface area contributed by atoms with Crippen molar-refractivity contribution in [1.82, 2.24) is 15.1 Å². The predicted molar refractivity (Wildman–Crippen MR) is 133 cm³/mol. The summed E-state index contributed by atoms with van der Waals surface area (Å²) in [5.74, 6) is 0.295. The van der Waals surface area contributed by atoms with Crippen molar-refractivity contribution in [1.29, 1.82) is 0 Å². The third kappa shape index (κ3) is 7.72. The maximum Gasteiger partial charge on any atom is 0.338 e. The fourth-order valence-electron chi connectivity index (χ4n) is 4.98. The van der Waals surface area contributed by atoms with Gasteiger partial charge in [0.25, 0.3) is 0 Å². The van der Waals surface area contributed by atoms with E-state index in [1.807, 2.05) is 4.90 Å². The van der Waals surface area contributed by atoms with Gasteiger partial charge in [0.1, 0.15) is 0 Å². The van der Waals surface area contributed by atoms with Gasteiger partial charge in [-0.1, -0.05) is 25.8 Å². The SMILES string of the molecule is CCOC(=O)c1cccc(NC(=O)N2CC[C@@H](CC(=O)NCCN3CCCCC3)[C@@H](CC)C2)c1. The van der Waals surface area contributed by atoms with E-state index in [4.69, 9.17) is 4.74 Å². The molecule has 1 aromatic carbocycles. The van der Waals surface area contributed by atoms with Crippen molar-refractivity contribution in [2.24, 2.45) is 11.8 Å². The van der Waals surface area contributed by atoms with E-state index >= 15 is 0 Å². The summed E-state index contributed by atoms with van der Waals surface area (Å²) < 4.78 is 5.03. The van der Waals surface area contributed by atoms with Crippen LogP contribution in [0.25, 0.3) is 0 Å². The van der Waals surface area contributed by atoms with Crippen molar-refractivity contribution in [3.8, 4) is 0 Å². The van der Waals surface area contributed by atoms with Crippen molar-refractivity contribution in [3.05, 3.63) is 29.8 Å². The van der Waals surface area contributed by atoms with E-state index in [0.717, 1.165) is 32.5 Å². The van der Waals surface area contributed by atoms with Crippen molar-refractivity contribution in [3.63, 3.8) is 0 Å². The number of nitrogens with zero attached hydrogens (tertiary/aromatic N) is 2. The number of hydrogen-bond donors (Lipinski definition) is 2. The highest BCUT2D eigenvalue weighted by molar-refractivity contribution is 5.94. The molecule has 0 saturated carbocycles. The average molecular weight is 473 g/mol. The fraction of sp³-hybridized carbons (Fsp3) is 0.654. The van der Waals surface area contributed by atoms with Crippen molar-refractivity contribution < 1.29 is 19.1 Å². The summed E-state index contributed by atoms with van der Waals surface area (Å²) in [5.41, 5.74) is 0.981. The Hall–Kier alpha value is -2.61. The monoisotopic (exact) mass is 472 g/mol. The van der Waals surface area contributed by atoms with Gasteiger partial charge in [0.2, 0.25) is 5.91 Å². The number of carbonyl (C=O) groups is 3. The molecule has 0 bridgehead atoms. The van der Waals surface area contributed by atoms with Gasteiger partial charge in [-0.2, -0.15) is 0 Å². The number of carbonyl (C=O) groups excluding carboxylic acids is 3. The molecule has 2 saturated heterocycles. The molecule has 2 atom stereocenters. The molecule has 0 aliphatic carbocycles. The Balaban J connectivity index is 1.45. The van der Waals surface area contributed by atoms with Crippen LogP contribution in [0.3, 0.4) is 0 Å². The molecule has 0 aromatic heterocycles. The first-order valence-electron chi connectivity index (χ1n) is 12.8. The van der Waals surface area contributed by atoms with Crippen molar-refractivity contribution in [2.75, 3.05) is 51.2 Å². The molecule has 8 heteroatoms. The lowest BCUT2D eigenvalue weighted by molar-refractivity contribution is -0.122. The molecule has 1 aromatic rings. The zero-order valence-electron chi connectivity index (χ0n) is 20.7. The number of amides is 3. The topological polar surface area (TPSA) is 91.0 Å². The van der Waals surface area contributed by atoms with Crippen LogP contribution in [-0.2, 0) is 9.53 Å². The first kappa shape index (κ1) is 26.0. The highest BCUT2D eigenvalue weighted by atomic mass is 16.5. The predicted octanol–water partition coefficient (Wildman–Crippen LogP) is 3.74. The maximum absolute atomic E-state index is 12.9. The normalized spacial score (nSPS) is 21.1. The van der Waals surface area contributed by atoms with Gasteiger partial charge in [-0.25, -0.2) is 9.59 Å². The minimum Gasteiger partial charge on any atom is -0.462 e. The van der Waals surface area contributed by atoms with Crippen molar-refractivity contribution in [2.45, 2.75) is 52.4 Å². The van der Waals surface area contributed by atoms with Crippen LogP contribution in [0.2, 0.25) is 0 Å². The Morgan fingerprint density at radius 2 is 1.85 bits per heavy atom. The number of benzene rings is 1. The summed E-state index contributed by atoms with van der Waals surface area (Å²) in [5, 5.41) is 6.00. The van der Waals surface area contributed by atoms with Crippen LogP contribution in [0.4, 0.5) is 10.5 Å². The molecule has 3 amide bonds. The smallest absolute Gasteiger partial charge is 0.338 e. The third-order valence-corrected chi connectivity index (χ3v) is 6.97. The number of nitrogens with one attached hydrogen (secondary N) is 2. The molecule has 2 aliphatic heterocycles. The zero-order chi connectivity index (χ0) is 24.3. The molecule has 0 unspecified atom stereocenters. The number of ether oxygens (including phenoxy) is 1. The van der Waals surface area contributed by atoms with E-state index in [9.17, 15) is 14.4 Å². The lowest BCUT2D eigenvalue weighted by atomic mass is 9.81. The Morgan fingerprint density at radius 3 is 2.59 bits per heavy atom. The molecule has 2 N–H and O–H groups in total. The molecule has 8 nitrogen and oxygen atoms in total. The molecule has 188 valence electrons. The second kappa shape index (κ2) is 13.3. The maximum atomic E-state index is 12.9. The van der Waals surface area contributed by atoms with Crippen LogP contribution in [0.1, 0.15) is 62.7 Å².